The predicted molar refractivity (Wildman–Crippen MR) is 65.7 cm³/mol. The maximum Gasteiger partial charge on any atom is 0.0589 e. The molecule has 90 valence electrons. The second-order valence-electron chi connectivity index (χ2n) is 4.36. The van der Waals surface area contributed by atoms with Crippen LogP contribution in [0.5, 0.6) is 0 Å². The van der Waals surface area contributed by atoms with E-state index in [0.29, 0.717) is 0 Å². The molecule has 1 aliphatic rings. The second kappa shape index (κ2) is 8.37. The number of nitrogens with zero attached hydrogens (tertiary/aromatic N) is 1. The normalized spacial score (nSPS) is 19.4. The van der Waals surface area contributed by atoms with Crippen LogP contribution in [0.15, 0.2) is 0 Å². The first-order valence-electron chi connectivity index (χ1n) is 6.17. The maximum absolute atomic E-state index is 5.85. The monoisotopic (exact) mass is 233 g/mol. The zero-order chi connectivity index (χ0) is 10.9. The smallest absolute Gasteiger partial charge is 0.0589 e. The third kappa shape index (κ3) is 5.19. The topological polar surface area (TPSA) is 12.5 Å². The van der Waals surface area contributed by atoms with Crippen LogP contribution in [0.1, 0.15) is 38.5 Å². The Bertz CT molecular complexity index is 147. The van der Waals surface area contributed by atoms with E-state index in [0.717, 1.165) is 31.6 Å². The molecule has 0 radical (unpaired) electrons. The van der Waals surface area contributed by atoms with E-state index in [1.54, 1.807) is 7.11 Å². The van der Waals surface area contributed by atoms with Gasteiger partial charge in [-0.05, 0) is 12.8 Å². The highest BCUT2D eigenvalue weighted by atomic mass is 35.5. The molecule has 1 rings (SSSR count). The van der Waals surface area contributed by atoms with Gasteiger partial charge in [-0.1, -0.05) is 25.7 Å². The zero-order valence-electron chi connectivity index (χ0n) is 9.88. The number of halogens is 1. The quantitative estimate of drug-likeness (QED) is 0.517. The van der Waals surface area contributed by atoms with Crippen LogP contribution < -0.4 is 0 Å². The van der Waals surface area contributed by atoms with E-state index in [2.05, 4.69) is 4.90 Å². The highest BCUT2D eigenvalue weighted by molar-refractivity contribution is 6.18. The van der Waals surface area contributed by atoms with E-state index in [-0.39, 0.29) is 0 Å². The number of hydrogen-bond donors (Lipinski definition) is 0. The van der Waals surface area contributed by atoms with Gasteiger partial charge in [0.2, 0.25) is 0 Å². The van der Waals surface area contributed by atoms with Crippen molar-refractivity contribution in [3.05, 3.63) is 0 Å². The van der Waals surface area contributed by atoms with Gasteiger partial charge in [0.25, 0.3) is 0 Å². The molecule has 0 aromatic carbocycles. The van der Waals surface area contributed by atoms with Crippen molar-refractivity contribution in [3.63, 3.8) is 0 Å². The van der Waals surface area contributed by atoms with Crippen LogP contribution in [-0.4, -0.2) is 43.6 Å². The Morgan fingerprint density at radius 3 is 2.33 bits per heavy atom. The van der Waals surface area contributed by atoms with E-state index in [9.17, 15) is 0 Å². The summed E-state index contributed by atoms with van der Waals surface area (Å²) < 4.78 is 5.16. The molecule has 0 aliphatic heterocycles. The average molecular weight is 234 g/mol. The summed E-state index contributed by atoms with van der Waals surface area (Å²) in [4.78, 5) is 2.52. The third-order valence-corrected chi connectivity index (χ3v) is 3.46. The molecule has 0 N–H and O–H groups in total. The van der Waals surface area contributed by atoms with Crippen molar-refractivity contribution in [2.75, 3.05) is 32.7 Å². The lowest BCUT2D eigenvalue weighted by atomic mass is 10.1. The van der Waals surface area contributed by atoms with Gasteiger partial charge in [-0.2, -0.15) is 0 Å². The van der Waals surface area contributed by atoms with Crippen LogP contribution in [0.3, 0.4) is 0 Å². The van der Waals surface area contributed by atoms with Crippen molar-refractivity contribution >= 4 is 11.6 Å². The Kier molecular flexibility index (Phi) is 7.41. The number of hydrogen-bond acceptors (Lipinski definition) is 2. The molecule has 0 heterocycles. The number of alkyl halides is 1. The molecule has 0 saturated heterocycles. The van der Waals surface area contributed by atoms with Gasteiger partial charge in [-0.25, -0.2) is 0 Å². The standard InChI is InChI=1S/C12H24ClNO/c1-15-11-10-14(9-8-13)12-6-4-2-3-5-7-12/h12H,2-11H2,1H3. The van der Waals surface area contributed by atoms with E-state index in [1.165, 1.54) is 38.5 Å². The Balaban J connectivity index is 2.36. The molecular formula is C12H24ClNO. The van der Waals surface area contributed by atoms with Crippen molar-refractivity contribution in [2.45, 2.75) is 44.6 Å². The lowest BCUT2D eigenvalue weighted by Crippen LogP contribution is -2.38. The minimum Gasteiger partial charge on any atom is -0.383 e. The summed E-state index contributed by atoms with van der Waals surface area (Å²) in [5.74, 6) is 0.736. The molecule has 0 aromatic heterocycles. The third-order valence-electron chi connectivity index (χ3n) is 3.30. The Labute approximate surface area is 98.9 Å². The Morgan fingerprint density at radius 2 is 1.80 bits per heavy atom. The van der Waals surface area contributed by atoms with Crippen LogP contribution in [0.25, 0.3) is 0 Å². The van der Waals surface area contributed by atoms with Crippen molar-refractivity contribution in [2.24, 2.45) is 0 Å². The lowest BCUT2D eigenvalue weighted by Gasteiger charge is -2.30. The molecular weight excluding hydrogens is 210 g/mol. The number of rotatable bonds is 6. The molecule has 15 heavy (non-hydrogen) atoms. The number of ether oxygens (including phenoxy) is 1. The molecule has 0 spiro atoms. The van der Waals surface area contributed by atoms with Gasteiger partial charge in [0.05, 0.1) is 6.61 Å². The van der Waals surface area contributed by atoms with Gasteiger partial charge in [0.15, 0.2) is 0 Å². The summed E-state index contributed by atoms with van der Waals surface area (Å²) in [6.07, 6.45) is 8.29. The Hall–Kier alpha value is 0.210. The Morgan fingerprint density at radius 1 is 1.13 bits per heavy atom. The molecule has 3 heteroatoms. The van der Waals surface area contributed by atoms with Crippen molar-refractivity contribution in [1.82, 2.24) is 4.90 Å². The second-order valence-corrected chi connectivity index (χ2v) is 4.74. The fourth-order valence-electron chi connectivity index (χ4n) is 2.42. The summed E-state index contributed by atoms with van der Waals surface area (Å²) in [5.41, 5.74) is 0. The van der Waals surface area contributed by atoms with Gasteiger partial charge in [-0.15, -0.1) is 11.6 Å². The largest absolute Gasteiger partial charge is 0.383 e. The number of methoxy groups -OCH3 is 1. The van der Waals surface area contributed by atoms with Crippen LogP contribution in [-0.2, 0) is 4.74 Å². The zero-order valence-corrected chi connectivity index (χ0v) is 10.6. The lowest BCUT2D eigenvalue weighted by molar-refractivity contribution is 0.117. The molecule has 0 bridgehead atoms. The summed E-state index contributed by atoms with van der Waals surface area (Å²) in [6.45, 7) is 2.87. The van der Waals surface area contributed by atoms with Crippen LogP contribution >= 0.6 is 11.6 Å². The average Bonchev–Trinajstić information content (AvgIpc) is 2.52. The molecule has 2 nitrogen and oxygen atoms in total. The summed E-state index contributed by atoms with van der Waals surface area (Å²) in [5, 5.41) is 0. The van der Waals surface area contributed by atoms with Crippen LogP contribution in [0.2, 0.25) is 0 Å². The highest BCUT2D eigenvalue weighted by Gasteiger charge is 2.18. The van der Waals surface area contributed by atoms with Gasteiger partial charge >= 0.3 is 0 Å². The molecule has 0 atom stereocenters. The van der Waals surface area contributed by atoms with E-state index < -0.39 is 0 Å². The highest BCUT2D eigenvalue weighted by Crippen LogP contribution is 2.21. The molecule has 1 saturated carbocycles. The molecule has 0 unspecified atom stereocenters. The van der Waals surface area contributed by atoms with Crippen LogP contribution in [0.4, 0.5) is 0 Å². The van der Waals surface area contributed by atoms with Crippen molar-refractivity contribution < 1.29 is 4.74 Å². The molecule has 0 amide bonds. The fourth-order valence-corrected chi connectivity index (χ4v) is 2.63. The van der Waals surface area contributed by atoms with Crippen molar-refractivity contribution in [1.29, 1.82) is 0 Å². The summed E-state index contributed by atoms with van der Waals surface area (Å²) >= 11 is 5.85. The van der Waals surface area contributed by atoms with Crippen molar-refractivity contribution in [3.8, 4) is 0 Å². The maximum atomic E-state index is 5.85. The molecule has 0 aromatic rings. The fraction of sp³-hybridized carbons (Fsp3) is 1.00. The van der Waals surface area contributed by atoms with Gasteiger partial charge in [0.1, 0.15) is 0 Å². The minimum absolute atomic E-state index is 0.736. The van der Waals surface area contributed by atoms with Crippen LogP contribution in [0, 0.1) is 0 Å². The van der Waals surface area contributed by atoms with E-state index in [4.69, 9.17) is 16.3 Å². The first-order chi connectivity index (χ1) is 7.38. The van der Waals surface area contributed by atoms with E-state index >= 15 is 0 Å². The van der Waals surface area contributed by atoms with Gasteiger partial charge in [-0.3, -0.25) is 4.90 Å². The SMILES string of the molecule is COCCN(CCCl)C1CCCCCC1. The first kappa shape index (κ1) is 13.3. The minimum atomic E-state index is 0.736. The molecule has 1 fully saturated rings. The van der Waals surface area contributed by atoms with Gasteiger partial charge in [0, 0.05) is 32.1 Å². The summed E-state index contributed by atoms with van der Waals surface area (Å²) in [6, 6.07) is 0.751. The predicted octanol–water partition coefficient (Wildman–Crippen LogP) is 2.90. The first-order valence-corrected chi connectivity index (χ1v) is 6.71. The molecule has 1 aliphatic carbocycles. The van der Waals surface area contributed by atoms with E-state index in [1.807, 2.05) is 0 Å². The van der Waals surface area contributed by atoms with Gasteiger partial charge < -0.3 is 4.74 Å². The summed E-state index contributed by atoms with van der Waals surface area (Å²) in [7, 11) is 1.77.